The quantitative estimate of drug-likeness (QED) is 0.677. The van der Waals surface area contributed by atoms with Crippen molar-refractivity contribution in [3.63, 3.8) is 0 Å². The zero-order valence-electron chi connectivity index (χ0n) is 11.9. The predicted molar refractivity (Wildman–Crippen MR) is 85.2 cm³/mol. The van der Waals surface area contributed by atoms with Crippen LogP contribution in [0.4, 0.5) is 0 Å². The summed E-state index contributed by atoms with van der Waals surface area (Å²) >= 11 is 3.45. The second kappa shape index (κ2) is 6.36. The van der Waals surface area contributed by atoms with Crippen LogP contribution in [0.2, 0.25) is 0 Å². The van der Waals surface area contributed by atoms with Crippen LogP contribution < -0.4 is 0 Å². The van der Waals surface area contributed by atoms with E-state index >= 15 is 0 Å². The average molecular weight is 317 g/mol. The Morgan fingerprint density at radius 2 is 2.19 bits per heavy atom. The molecule has 0 bridgehead atoms. The van der Waals surface area contributed by atoms with Gasteiger partial charge in [0.1, 0.15) is 16.0 Å². The Labute approximate surface area is 131 Å². The number of hydrogen-bond acceptors (Lipinski definition) is 6. The smallest absolute Gasteiger partial charge is 0.155 e. The molecule has 0 radical (unpaired) electrons. The van der Waals surface area contributed by atoms with Crippen LogP contribution in [-0.4, -0.2) is 30.5 Å². The van der Waals surface area contributed by atoms with Gasteiger partial charge in [0, 0.05) is 11.6 Å². The second-order valence-electron chi connectivity index (χ2n) is 4.39. The fraction of sp³-hybridized carbons (Fsp3) is 0.286. The first-order valence-electron chi connectivity index (χ1n) is 6.67. The minimum atomic E-state index is 0.665. The van der Waals surface area contributed by atoms with Crippen LogP contribution in [0, 0.1) is 6.92 Å². The third kappa shape index (κ3) is 3.30. The summed E-state index contributed by atoms with van der Waals surface area (Å²) in [4.78, 5) is 13.5. The summed E-state index contributed by atoms with van der Waals surface area (Å²) in [6.07, 6.45) is 2.42. The average Bonchev–Trinajstić information content (AvgIpc) is 3.07. The number of nitrogens with zero attached hydrogens (tertiary/aromatic N) is 5. The van der Waals surface area contributed by atoms with Crippen molar-refractivity contribution in [2.24, 2.45) is 0 Å². The van der Waals surface area contributed by atoms with Crippen LogP contribution in [0.3, 0.4) is 0 Å². The molecule has 0 saturated carbocycles. The lowest BCUT2D eigenvalue weighted by atomic mass is 10.3. The molecule has 21 heavy (non-hydrogen) atoms. The number of hydrogen-bond donors (Lipinski definition) is 0. The molecule has 0 aliphatic carbocycles. The molecule has 0 spiro atoms. The van der Waals surface area contributed by atoms with Crippen LogP contribution in [0.15, 0.2) is 34.1 Å². The maximum Gasteiger partial charge on any atom is 0.155 e. The maximum atomic E-state index is 4.62. The number of rotatable bonds is 5. The molecule has 0 saturated heterocycles. The summed E-state index contributed by atoms with van der Waals surface area (Å²) in [6.45, 7) is 4.02. The molecule has 0 amide bonds. The highest BCUT2D eigenvalue weighted by atomic mass is 32.2. The Morgan fingerprint density at radius 3 is 2.95 bits per heavy atom. The van der Waals surface area contributed by atoms with Gasteiger partial charge in [-0.1, -0.05) is 24.8 Å². The van der Waals surface area contributed by atoms with Crippen molar-refractivity contribution in [3.05, 3.63) is 47.1 Å². The van der Waals surface area contributed by atoms with E-state index in [1.54, 1.807) is 34.0 Å². The minimum Gasteiger partial charge on any atom is -0.237 e. The zero-order valence-corrected chi connectivity index (χ0v) is 13.5. The SMILES string of the molecule is CCSc1nc(Cc2nc(C)nn2-c2ccccn2)cs1. The molecule has 0 N–H and O–H groups in total. The summed E-state index contributed by atoms with van der Waals surface area (Å²) < 4.78 is 2.90. The van der Waals surface area contributed by atoms with Gasteiger partial charge in [-0.25, -0.2) is 15.0 Å². The van der Waals surface area contributed by atoms with E-state index in [1.807, 2.05) is 25.1 Å². The first-order chi connectivity index (χ1) is 10.3. The van der Waals surface area contributed by atoms with E-state index in [2.05, 4.69) is 32.4 Å². The molecule has 108 valence electrons. The van der Waals surface area contributed by atoms with Gasteiger partial charge < -0.3 is 0 Å². The highest BCUT2D eigenvalue weighted by Gasteiger charge is 2.12. The van der Waals surface area contributed by atoms with Gasteiger partial charge in [0.25, 0.3) is 0 Å². The first-order valence-corrected chi connectivity index (χ1v) is 8.54. The lowest BCUT2D eigenvalue weighted by Gasteiger charge is -2.03. The molecule has 0 aliphatic heterocycles. The van der Waals surface area contributed by atoms with Gasteiger partial charge in [-0.05, 0) is 24.8 Å². The number of aryl methyl sites for hydroxylation is 1. The van der Waals surface area contributed by atoms with Crippen LogP contribution in [0.1, 0.15) is 24.3 Å². The number of thiazole rings is 1. The molecular formula is C14H15N5S2. The monoisotopic (exact) mass is 317 g/mol. The van der Waals surface area contributed by atoms with E-state index in [9.17, 15) is 0 Å². The van der Waals surface area contributed by atoms with Gasteiger partial charge in [0.05, 0.1) is 12.1 Å². The fourth-order valence-electron chi connectivity index (χ4n) is 1.96. The van der Waals surface area contributed by atoms with Crippen molar-refractivity contribution < 1.29 is 0 Å². The third-order valence-electron chi connectivity index (χ3n) is 2.78. The first kappa shape index (κ1) is 14.2. The van der Waals surface area contributed by atoms with Crippen molar-refractivity contribution >= 4 is 23.1 Å². The summed E-state index contributed by atoms with van der Waals surface area (Å²) in [5.74, 6) is 3.43. The Hall–Kier alpha value is -1.73. The fourth-order valence-corrected chi connectivity index (χ4v) is 3.70. The van der Waals surface area contributed by atoms with Gasteiger partial charge in [-0.2, -0.15) is 4.68 Å². The highest BCUT2D eigenvalue weighted by molar-refractivity contribution is 8.00. The summed E-state index contributed by atoms with van der Waals surface area (Å²) in [5, 5.41) is 6.52. The molecule has 0 aliphatic rings. The Bertz CT molecular complexity index is 720. The highest BCUT2D eigenvalue weighted by Crippen LogP contribution is 2.23. The Kier molecular flexibility index (Phi) is 4.31. The molecular weight excluding hydrogens is 302 g/mol. The number of aromatic nitrogens is 5. The standard InChI is InChI=1S/C14H15N5S2/c1-3-20-14-17-11(9-21-14)8-13-16-10(2)18-19(13)12-6-4-5-7-15-12/h4-7,9H,3,8H2,1-2H3. The third-order valence-corrected chi connectivity index (χ3v) is 4.74. The van der Waals surface area contributed by atoms with E-state index in [0.29, 0.717) is 6.42 Å². The molecule has 0 fully saturated rings. The molecule has 0 atom stereocenters. The van der Waals surface area contributed by atoms with Gasteiger partial charge in [-0.3, -0.25) is 0 Å². The molecule has 5 nitrogen and oxygen atoms in total. The van der Waals surface area contributed by atoms with Gasteiger partial charge in [-0.15, -0.1) is 16.4 Å². The van der Waals surface area contributed by atoms with Crippen LogP contribution in [-0.2, 0) is 6.42 Å². The van der Waals surface area contributed by atoms with E-state index in [4.69, 9.17) is 0 Å². The van der Waals surface area contributed by atoms with Crippen molar-refractivity contribution in [1.29, 1.82) is 0 Å². The summed E-state index contributed by atoms with van der Waals surface area (Å²) in [5.41, 5.74) is 1.03. The van der Waals surface area contributed by atoms with Crippen LogP contribution in [0.5, 0.6) is 0 Å². The number of pyridine rings is 1. The van der Waals surface area contributed by atoms with E-state index in [0.717, 1.165) is 33.3 Å². The largest absolute Gasteiger partial charge is 0.237 e. The molecule has 0 aromatic carbocycles. The van der Waals surface area contributed by atoms with Gasteiger partial charge in [0.15, 0.2) is 5.82 Å². The Balaban J connectivity index is 1.88. The lowest BCUT2D eigenvalue weighted by Crippen LogP contribution is -2.05. The van der Waals surface area contributed by atoms with Crippen molar-refractivity contribution in [3.8, 4) is 5.82 Å². The second-order valence-corrected chi connectivity index (χ2v) is 6.76. The Morgan fingerprint density at radius 1 is 1.29 bits per heavy atom. The molecule has 3 aromatic rings. The maximum absolute atomic E-state index is 4.62. The molecule has 3 rings (SSSR count). The normalized spacial score (nSPS) is 11.0. The topological polar surface area (TPSA) is 56.5 Å². The van der Waals surface area contributed by atoms with E-state index < -0.39 is 0 Å². The van der Waals surface area contributed by atoms with Crippen LogP contribution in [0.25, 0.3) is 5.82 Å². The summed E-state index contributed by atoms with van der Waals surface area (Å²) in [6, 6.07) is 5.76. The molecule has 0 unspecified atom stereocenters. The van der Waals surface area contributed by atoms with Crippen molar-refractivity contribution in [2.45, 2.75) is 24.6 Å². The van der Waals surface area contributed by atoms with Crippen molar-refractivity contribution in [2.75, 3.05) is 5.75 Å². The zero-order chi connectivity index (χ0) is 14.7. The molecule has 3 heterocycles. The number of thioether (sulfide) groups is 1. The van der Waals surface area contributed by atoms with Crippen LogP contribution >= 0.6 is 23.1 Å². The lowest BCUT2D eigenvalue weighted by molar-refractivity contribution is 0.777. The predicted octanol–water partition coefficient (Wildman–Crippen LogP) is 3.13. The molecule has 7 heteroatoms. The van der Waals surface area contributed by atoms with E-state index in [-0.39, 0.29) is 0 Å². The van der Waals surface area contributed by atoms with Gasteiger partial charge >= 0.3 is 0 Å². The van der Waals surface area contributed by atoms with E-state index in [1.165, 1.54) is 0 Å². The minimum absolute atomic E-state index is 0.665. The van der Waals surface area contributed by atoms with Crippen molar-refractivity contribution in [1.82, 2.24) is 24.7 Å². The van der Waals surface area contributed by atoms with Gasteiger partial charge in [0.2, 0.25) is 0 Å². The summed E-state index contributed by atoms with van der Waals surface area (Å²) in [7, 11) is 0. The molecule has 3 aromatic heterocycles.